The summed E-state index contributed by atoms with van der Waals surface area (Å²) in [5, 5.41) is 3.26. The van der Waals surface area contributed by atoms with E-state index in [1.165, 1.54) is 34.5 Å². The van der Waals surface area contributed by atoms with Gasteiger partial charge in [0, 0.05) is 32.0 Å². The summed E-state index contributed by atoms with van der Waals surface area (Å²) >= 11 is 6.25. The number of ether oxygens (including phenoxy) is 1. The number of carbonyl (C=O) groups is 2. The number of hydrogen-bond donors (Lipinski definition) is 1. The second-order valence-electron chi connectivity index (χ2n) is 10.4. The topological polar surface area (TPSA) is 96.0 Å². The molecule has 3 rings (SSSR count). The molecule has 2 amide bonds. The van der Waals surface area contributed by atoms with Crippen molar-refractivity contribution in [3.8, 4) is 5.75 Å². The zero-order valence-corrected chi connectivity index (χ0v) is 26.5. The maximum absolute atomic E-state index is 13.9. The lowest BCUT2D eigenvalue weighted by molar-refractivity contribution is -0.141. The Morgan fingerprint density at radius 3 is 2.28 bits per heavy atom. The van der Waals surface area contributed by atoms with Crippen molar-refractivity contribution in [2.24, 2.45) is 0 Å². The van der Waals surface area contributed by atoms with Crippen LogP contribution < -0.4 is 14.4 Å². The molecule has 1 N–H and O–H groups in total. The van der Waals surface area contributed by atoms with Crippen molar-refractivity contribution < 1.29 is 27.1 Å². The number of sulfonamides is 1. The van der Waals surface area contributed by atoms with E-state index in [0.29, 0.717) is 23.4 Å². The third kappa shape index (κ3) is 9.96. The Bertz CT molecular complexity index is 1470. The fourth-order valence-electron chi connectivity index (χ4n) is 4.60. The summed E-state index contributed by atoms with van der Waals surface area (Å²) in [6.07, 6.45) is 2.23. The summed E-state index contributed by atoms with van der Waals surface area (Å²) < 4.78 is 45.4. The highest BCUT2D eigenvalue weighted by atomic mass is 35.5. The zero-order chi connectivity index (χ0) is 31.6. The molecule has 0 radical (unpaired) electrons. The molecule has 0 aliphatic rings. The van der Waals surface area contributed by atoms with Gasteiger partial charge in [-0.2, -0.15) is 0 Å². The molecule has 0 saturated heterocycles. The van der Waals surface area contributed by atoms with Gasteiger partial charge in [-0.05, 0) is 61.2 Å². The average molecular weight is 632 g/mol. The Morgan fingerprint density at radius 1 is 1.02 bits per heavy atom. The first kappa shape index (κ1) is 33.9. The number of anilines is 1. The quantitative estimate of drug-likeness (QED) is 0.236. The van der Waals surface area contributed by atoms with E-state index in [1.807, 2.05) is 44.2 Å². The molecular weight excluding hydrogens is 593 g/mol. The molecule has 0 heterocycles. The molecule has 3 aromatic carbocycles. The summed E-state index contributed by atoms with van der Waals surface area (Å²) in [4.78, 5) is 29.0. The van der Waals surface area contributed by atoms with Crippen molar-refractivity contribution in [2.75, 3.05) is 24.2 Å². The molecule has 8 nitrogen and oxygen atoms in total. The van der Waals surface area contributed by atoms with Crippen molar-refractivity contribution in [1.29, 1.82) is 0 Å². The lowest BCUT2D eigenvalue weighted by Crippen LogP contribution is -2.52. The molecule has 0 unspecified atom stereocenters. The summed E-state index contributed by atoms with van der Waals surface area (Å²) in [5.74, 6) is -0.618. The molecule has 232 valence electrons. The minimum Gasteiger partial charge on any atom is -0.495 e. The molecule has 0 aliphatic heterocycles. The Kier molecular flexibility index (Phi) is 12.4. The molecule has 0 spiro atoms. The number of rotatable bonds is 15. The summed E-state index contributed by atoms with van der Waals surface area (Å²) in [5.41, 5.74) is 1.89. The first-order valence-electron chi connectivity index (χ1n) is 14.1. The monoisotopic (exact) mass is 631 g/mol. The predicted octanol–water partition coefficient (Wildman–Crippen LogP) is 5.59. The molecule has 0 fully saturated rings. The second-order valence-corrected chi connectivity index (χ2v) is 12.7. The van der Waals surface area contributed by atoms with Gasteiger partial charge in [0.15, 0.2) is 0 Å². The number of nitrogens with one attached hydrogen (secondary N) is 1. The van der Waals surface area contributed by atoms with Crippen molar-refractivity contribution in [3.63, 3.8) is 0 Å². The maximum atomic E-state index is 13.9. The lowest BCUT2D eigenvalue weighted by atomic mass is 10.0. The smallest absolute Gasteiger partial charge is 0.243 e. The van der Waals surface area contributed by atoms with Crippen LogP contribution in [0.4, 0.5) is 10.1 Å². The van der Waals surface area contributed by atoms with E-state index in [-0.39, 0.29) is 55.2 Å². The molecule has 2 atom stereocenters. The fraction of sp³-hybridized carbons (Fsp3) is 0.375. The molecule has 0 saturated carbocycles. The average Bonchev–Trinajstić information content (AvgIpc) is 2.97. The van der Waals surface area contributed by atoms with Gasteiger partial charge in [0.1, 0.15) is 17.6 Å². The van der Waals surface area contributed by atoms with Gasteiger partial charge in [-0.1, -0.05) is 61.0 Å². The Hall–Kier alpha value is -3.63. The van der Waals surface area contributed by atoms with Crippen LogP contribution in [0.2, 0.25) is 5.02 Å². The number of nitrogens with zero attached hydrogens (tertiary/aromatic N) is 2. The minimum absolute atomic E-state index is 0.0139. The van der Waals surface area contributed by atoms with Crippen molar-refractivity contribution >= 4 is 39.1 Å². The van der Waals surface area contributed by atoms with Crippen LogP contribution in [0.5, 0.6) is 5.75 Å². The van der Waals surface area contributed by atoms with Crippen LogP contribution in [0, 0.1) is 5.82 Å². The Balaban J connectivity index is 1.89. The SMILES string of the molecule is CC[C@H](C)NC(=O)[C@H](Cc1ccccc1)N(Cc1ccc(F)cc1)C(=O)CCCN(c1ccc(OC)c(Cl)c1)S(C)(=O)=O. The van der Waals surface area contributed by atoms with E-state index >= 15 is 0 Å². The molecule has 0 aliphatic carbocycles. The zero-order valence-electron chi connectivity index (χ0n) is 24.9. The van der Waals surface area contributed by atoms with Crippen LogP contribution in [0.3, 0.4) is 0 Å². The van der Waals surface area contributed by atoms with Gasteiger partial charge >= 0.3 is 0 Å². The molecule has 3 aromatic rings. The van der Waals surface area contributed by atoms with Gasteiger partial charge < -0.3 is 15.0 Å². The normalized spacial score (nSPS) is 12.7. The Labute approximate surface area is 258 Å². The molecule has 11 heteroatoms. The van der Waals surface area contributed by atoms with E-state index in [4.69, 9.17) is 16.3 Å². The molecule has 43 heavy (non-hydrogen) atoms. The first-order valence-corrected chi connectivity index (χ1v) is 16.3. The highest BCUT2D eigenvalue weighted by Gasteiger charge is 2.31. The third-order valence-electron chi connectivity index (χ3n) is 7.11. The van der Waals surface area contributed by atoms with E-state index in [0.717, 1.165) is 11.8 Å². The van der Waals surface area contributed by atoms with Gasteiger partial charge in [-0.25, -0.2) is 12.8 Å². The number of methoxy groups -OCH3 is 1. The van der Waals surface area contributed by atoms with Crippen molar-refractivity contribution in [1.82, 2.24) is 10.2 Å². The summed E-state index contributed by atoms with van der Waals surface area (Å²) in [6, 6.07) is 18.9. The number of amides is 2. The van der Waals surface area contributed by atoms with E-state index in [9.17, 15) is 22.4 Å². The Morgan fingerprint density at radius 2 is 1.70 bits per heavy atom. The largest absolute Gasteiger partial charge is 0.495 e. The van der Waals surface area contributed by atoms with Crippen LogP contribution in [0.25, 0.3) is 0 Å². The standard InChI is InChI=1S/C32H39ClFN3O5S/c1-5-23(2)35-32(39)29(20-24-10-7-6-8-11-24)36(22-25-13-15-26(34)16-14-25)31(38)12-9-19-37(43(4,40)41)27-17-18-30(42-3)28(33)21-27/h6-8,10-11,13-18,21,23,29H,5,9,12,19-20,22H2,1-4H3,(H,35,39)/t23-,29-/m0/s1. The molecule has 0 aromatic heterocycles. The summed E-state index contributed by atoms with van der Waals surface area (Å²) in [7, 11) is -2.24. The van der Waals surface area contributed by atoms with Crippen molar-refractivity contribution in [3.05, 3.63) is 94.8 Å². The van der Waals surface area contributed by atoms with Crippen LogP contribution in [0.15, 0.2) is 72.8 Å². The highest BCUT2D eigenvalue weighted by Crippen LogP contribution is 2.30. The highest BCUT2D eigenvalue weighted by molar-refractivity contribution is 7.92. The van der Waals surface area contributed by atoms with Gasteiger partial charge in [0.25, 0.3) is 0 Å². The third-order valence-corrected chi connectivity index (χ3v) is 8.60. The van der Waals surface area contributed by atoms with E-state index in [1.54, 1.807) is 24.3 Å². The van der Waals surface area contributed by atoms with Gasteiger partial charge in [-0.3, -0.25) is 13.9 Å². The number of carbonyl (C=O) groups excluding carboxylic acids is 2. The molecule has 0 bridgehead atoms. The van der Waals surface area contributed by atoms with E-state index in [2.05, 4.69) is 5.32 Å². The van der Waals surface area contributed by atoms with Crippen LogP contribution in [-0.4, -0.2) is 57.1 Å². The van der Waals surface area contributed by atoms with Gasteiger partial charge in [-0.15, -0.1) is 0 Å². The second kappa shape index (κ2) is 15.7. The first-order chi connectivity index (χ1) is 20.4. The van der Waals surface area contributed by atoms with Crippen LogP contribution in [0.1, 0.15) is 44.2 Å². The van der Waals surface area contributed by atoms with Crippen molar-refractivity contribution in [2.45, 2.75) is 58.2 Å². The summed E-state index contributed by atoms with van der Waals surface area (Å²) in [6.45, 7) is 3.95. The van der Waals surface area contributed by atoms with Gasteiger partial charge in [0.2, 0.25) is 21.8 Å². The number of hydrogen-bond acceptors (Lipinski definition) is 5. The van der Waals surface area contributed by atoms with E-state index < -0.39 is 21.9 Å². The van der Waals surface area contributed by atoms with Gasteiger partial charge in [0.05, 0.1) is 24.1 Å². The maximum Gasteiger partial charge on any atom is 0.243 e. The van der Waals surface area contributed by atoms with Crippen LogP contribution >= 0.6 is 11.6 Å². The predicted molar refractivity (Wildman–Crippen MR) is 168 cm³/mol. The number of halogens is 2. The van der Waals surface area contributed by atoms with Crippen LogP contribution in [-0.2, 0) is 32.6 Å². The fourth-order valence-corrected chi connectivity index (χ4v) is 5.81. The lowest BCUT2D eigenvalue weighted by Gasteiger charge is -2.32. The number of benzene rings is 3. The molecular formula is C32H39ClFN3O5S. The minimum atomic E-state index is -3.70.